The Morgan fingerprint density at radius 3 is 2.42 bits per heavy atom. The fourth-order valence-corrected chi connectivity index (χ4v) is 4.14. The van der Waals surface area contributed by atoms with E-state index in [1.54, 1.807) is 7.11 Å². The second-order valence-electron chi connectivity index (χ2n) is 9.34. The molecule has 5 N–H and O–H groups in total. The standard InChI is InChI=1S/C29H35N3O4/c1-19-9-14-26(34-17-20-10-12-21(33-4)13-11-20)25(15-19)27(30)23-7-5-6-8-24(23)28(31)32-16-22-18-35-29(2,3)36-22/h5-15,22,32H,16-18,30-31H2,1-4H3/b27-23-,28-24+. The number of hydrogen-bond acceptors (Lipinski definition) is 7. The number of ether oxygens (including phenoxy) is 4. The lowest BCUT2D eigenvalue weighted by Crippen LogP contribution is -2.40. The highest BCUT2D eigenvalue weighted by Gasteiger charge is 2.32. The number of benzene rings is 3. The summed E-state index contributed by atoms with van der Waals surface area (Å²) in [6.07, 6.45) is -0.0817. The molecular weight excluding hydrogens is 454 g/mol. The quantitative estimate of drug-likeness (QED) is 0.447. The van der Waals surface area contributed by atoms with Gasteiger partial charge in [-0.1, -0.05) is 48.0 Å². The second-order valence-corrected chi connectivity index (χ2v) is 9.34. The molecule has 7 nitrogen and oxygen atoms in total. The van der Waals surface area contributed by atoms with Crippen LogP contribution in [0.1, 0.15) is 30.5 Å². The number of hydrogen-bond donors (Lipinski definition) is 3. The molecule has 0 spiro atoms. The zero-order valence-electron chi connectivity index (χ0n) is 21.3. The molecule has 0 aliphatic carbocycles. The summed E-state index contributed by atoms with van der Waals surface area (Å²) in [6, 6.07) is 21.6. The summed E-state index contributed by atoms with van der Waals surface area (Å²) in [5.74, 6) is 1.45. The largest absolute Gasteiger partial charge is 0.497 e. The molecule has 3 aromatic carbocycles. The van der Waals surface area contributed by atoms with E-state index in [0.29, 0.717) is 37.0 Å². The van der Waals surface area contributed by atoms with Crippen molar-refractivity contribution in [3.05, 3.63) is 93.9 Å². The molecule has 1 unspecified atom stereocenters. The van der Waals surface area contributed by atoms with Gasteiger partial charge in [-0.25, -0.2) is 0 Å². The summed E-state index contributed by atoms with van der Waals surface area (Å²) in [5.41, 5.74) is 16.8. The molecule has 0 radical (unpaired) electrons. The van der Waals surface area contributed by atoms with Crippen molar-refractivity contribution in [1.82, 2.24) is 5.32 Å². The van der Waals surface area contributed by atoms with Crippen LogP contribution in [0.5, 0.6) is 11.5 Å². The SMILES string of the molecule is COc1ccc(COc2ccc(C)cc2/C(N)=c2\cccc\c2=C(\N)NCC2COC(C)(C)O2)cc1. The molecule has 1 aliphatic heterocycles. The van der Waals surface area contributed by atoms with Gasteiger partial charge in [-0.2, -0.15) is 0 Å². The van der Waals surface area contributed by atoms with Crippen LogP contribution in [0.15, 0.2) is 66.7 Å². The smallest absolute Gasteiger partial charge is 0.163 e. The number of methoxy groups -OCH3 is 1. The Kier molecular flexibility index (Phi) is 7.72. The van der Waals surface area contributed by atoms with Crippen LogP contribution in [0, 0.1) is 6.92 Å². The Balaban J connectivity index is 1.64. The summed E-state index contributed by atoms with van der Waals surface area (Å²) in [6.45, 7) is 7.29. The molecule has 36 heavy (non-hydrogen) atoms. The molecule has 1 fully saturated rings. The van der Waals surface area contributed by atoms with E-state index in [0.717, 1.165) is 32.9 Å². The van der Waals surface area contributed by atoms with Crippen molar-refractivity contribution in [1.29, 1.82) is 0 Å². The minimum Gasteiger partial charge on any atom is -0.497 e. The van der Waals surface area contributed by atoms with E-state index in [2.05, 4.69) is 5.32 Å². The molecule has 1 aliphatic rings. The molecule has 3 aromatic rings. The van der Waals surface area contributed by atoms with Gasteiger partial charge in [0.25, 0.3) is 0 Å². The zero-order chi connectivity index (χ0) is 25.7. The van der Waals surface area contributed by atoms with E-state index >= 15 is 0 Å². The summed E-state index contributed by atoms with van der Waals surface area (Å²) < 4.78 is 23.0. The average molecular weight is 490 g/mol. The third-order valence-corrected chi connectivity index (χ3v) is 6.07. The van der Waals surface area contributed by atoms with Crippen molar-refractivity contribution in [3.8, 4) is 11.5 Å². The lowest BCUT2D eigenvalue weighted by atomic mass is 10.0. The van der Waals surface area contributed by atoms with Crippen molar-refractivity contribution in [2.24, 2.45) is 11.5 Å². The molecule has 190 valence electrons. The van der Waals surface area contributed by atoms with Gasteiger partial charge in [0.2, 0.25) is 0 Å². The minimum absolute atomic E-state index is 0.0817. The molecule has 7 heteroatoms. The molecule has 1 saturated heterocycles. The third-order valence-electron chi connectivity index (χ3n) is 6.07. The van der Waals surface area contributed by atoms with Crippen molar-refractivity contribution < 1.29 is 18.9 Å². The predicted octanol–water partition coefficient (Wildman–Crippen LogP) is 2.46. The maximum absolute atomic E-state index is 6.76. The zero-order valence-corrected chi connectivity index (χ0v) is 21.3. The molecule has 0 aromatic heterocycles. The summed E-state index contributed by atoms with van der Waals surface area (Å²) in [5, 5.41) is 4.93. The van der Waals surface area contributed by atoms with Crippen LogP contribution >= 0.6 is 0 Å². The van der Waals surface area contributed by atoms with Crippen molar-refractivity contribution in [2.45, 2.75) is 39.3 Å². The van der Waals surface area contributed by atoms with Crippen LogP contribution in [0.2, 0.25) is 0 Å². The lowest BCUT2D eigenvalue weighted by molar-refractivity contribution is -0.137. The van der Waals surface area contributed by atoms with Gasteiger partial charge in [-0.05, 0) is 50.6 Å². The normalized spacial score (nSPS) is 18.4. The highest BCUT2D eigenvalue weighted by Crippen LogP contribution is 2.25. The highest BCUT2D eigenvalue weighted by molar-refractivity contribution is 5.69. The summed E-state index contributed by atoms with van der Waals surface area (Å²) in [4.78, 5) is 0. The lowest BCUT2D eigenvalue weighted by Gasteiger charge is -2.17. The molecule has 0 saturated carbocycles. The Labute approximate surface area is 212 Å². The Bertz CT molecular complexity index is 1320. The van der Waals surface area contributed by atoms with Gasteiger partial charge in [-0.3, -0.25) is 0 Å². The van der Waals surface area contributed by atoms with Gasteiger partial charge in [-0.15, -0.1) is 0 Å². The number of rotatable bonds is 8. The van der Waals surface area contributed by atoms with Crippen molar-refractivity contribution >= 4 is 11.5 Å². The van der Waals surface area contributed by atoms with E-state index in [1.165, 1.54) is 0 Å². The Hall–Kier alpha value is -3.68. The van der Waals surface area contributed by atoms with Gasteiger partial charge in [0, 0.05) is 22.5 Å². The second kappa shape index (κ2) is 10.9. The van der Waals surface area contributed by atoms with Gasteiger partial charge < -0.3 is 35.7 Å². The maximum Gasteiger partial charge on any atom is 0.163 e. The monoisotopic (exact) mass is 489 g/mol. The molecule has 1 heterocycles. The van der Waals surface area contributed by atoms with E-state index in [-0.39, 0.29) is 6.10 Å². The van der Waals surface area contributed by atoms with Crippen LogP contribution < -0.4 is 36.7 Å². The van der Waals surface area contributed by atoms with Crippen molar-refractivity contribution in [3.63, 3.8) is 0 Å². The molecule has 0 amide bonds. The summed E-state index contributed by atoms with van der Waals surface area (Å²) >= 11 is 0. The van der Waals surface area contributed by atoms with Gasteiger partial charge >= 0.3 is 0 Å². The van der Waals surface area contributed by atoms with E-state index in [4.69, 9.17) is 30.4 Å². The van der Waals surface area contributed by atoms with Gasteiger partial charge in [0.1, 0.15) is 30.0 Å². The predicted molar refractivity (Wildman–Crippen MR) is 141 cm³/mol. The Morgan fingerprint density at radius 1 is 1.03 bits per heavy atom. The van der Waals surface area contributed by atoms with Crippen LogP contribution in [0.3, 0.4) is 0 Å². The first-order valence-corrected chi connectivity index (χ1v) is 12.0. The summed E-state index contributed by atoms with van der Waals surface area (Å²) in [7, 11) is 1.65. The first-order valence-electron chi connectivity index (χ1n) is 12.0. The molecule has 4 rings (SSSR count). The van der Waals surface area contributed by atoms with Gasteiger partial charge in [0.15, 0.2) is 5.79 Å². The van der Waals surface area contributed by atoms with E-state index in [1.807, 2.05) is 87.5 Å². The van der Waals surface area contributed by atoms with Crippen LogP contribution in [0.4, 0.5) is 0 Å². The fraction of sp³-hybridized carbons (Fsp3) is 0.310. The van der Waals surface area contributed by atoms with Crippen molar-refractivity contribution in [2.75, 3.05) is 20.3 Å². The van der Waals surface area contributed by atoms with E-state index < -0.39 is 5.79 Å². The van der Waals surface area contributed by atoms with Crippen LogP contribution in [0.25, 0.3) is 11.5 Å². The molecule has 1 atom stereocenters. The van der Waals surface area contributed by atoms with Crippen LogP contribution in [-0.2, 0) is 16.1 Å². The van der Waals surface area contributed by atoms with Gasteiger partial charge in [0.05, 0.1) is 19.4 Å². The highest BCUT2D eigenvalue weighted by atomic mass is 16.7. The first-order chi connectivity index (χ1) is 17.3. The third kappa shape index (κ3) is 6.11. The number of nitrogens with one attached hydrogen (secondary N) is 1. The number of nitrogens with two attached hydrogens (primary N) is 2. The fourth-order valence-electron chi connectivity index (χ4n) is 4.14. The maximum atomic E-state index is 6.76. The minimum atomic E-state index is -0.579. The molecular formula is C29H35N3O4. The topological polar surface area (TPSA) is 101 Å². The Morgan fingerprint density at radius 2 is 1.75 bits per heavy atom. The molecule has 0 bridgehead atoms. The first kappa shape index (κ1) is 25.4. The van der Waals surface area contributed by atoms with E-state index in [9.17, 15) is 0 Å². The van der Waals surface area contributed by atoms with Crippen LogP contribution in [-0.4, -0.2) is 32.2 Å². The number of aryl methyl sites for hydroxylation is 1. The average Bonchev–Trinajstić information content (AvgIpc) is 3.24.